The highest BCUT2D eigenvalue weighted by Crippen LogP contribution is 2.31. The molecule has 0 aliphatic rings. The van der Waals surface area contributed by atoms with Gasteiger partial charge in [0.05, 0.1) is 17.6 Å². The number of benzene rings is 2. The lowest BCUT2D eigenvalue weighted by molar-refractivity contribution is 0.414. The molecule has 19 heavy (non-hydrogen) atoms. The van der Waals surface area contributed by atoms with Crippen LogP contribution in [0.25, 0.3) is 0 Å². The molecule has 0 saturated carbocycles. The van der Waals surface area contributed by atoms with Crippen molar-refractivity contribution in [1.29, 1.82) is 0 Å². The zero-order chi connectivity index (χ0) is 14.0. The fourth-order valence-electron chi connectivity index (χ4n) is 1.77. The van der Waals surface area contributed by atoms with E-state index in [1.54, 1.807) is 31.4 Å². The second kappa shape index (κ2) is 5.90. The van der Waals surface area contributed by atoms with E-state index in [0.717, 1.165) is 11.1 Å². The van der Waals surface area contributed by atoms with E-state index in [2.05, 4.69) is 15.9 Å². The Kier molecular flexibility index (Phi) is 4.45. The maximum Gasteiger partial charge on any atom is 0.137 e. The third-order valence-electron chi connectivity index (χ3n) is 2.85. The van der Waals surface area contributed by atoms with Crippen molar-refractivity contribution in [2.75, 3.05) is 7.11 Å². The summed E-state index contributed by atoms with van der Waals surface area (Å²) in [4.78, 5) is 0. The Morgan fingerprint density at radius 3 is 2.58 bits per heavy atom. The summed E-state index contributed by atoms with van der Waals surface area (Å²) >= 11 is 9.32. The number of methoxy groups -OCH3 is 1. The molecule has 0 aliphatic heterocycles. The van der Waals surface area contributed by atoms with Gasteiger partial charge in [0.25, 0.3) is 0 Å². The molecule has 0 heterocycles. The summed E-state index contributed by atoms with van der Waals surface area (Å²) in [6, 6.07) is 9.55. The SMILES string of the molecule is COc1ccc(C(N)c2ccc(F)c(Br)c2)c(Cl)c1. The Balaban J connectivity index is 2.38. The average Bonchev–Trinajstić information content (AvgIpc) is 2.41. The lowest BCUT2D eigenvalue weighted by Crippen LogP contribution is -2.12. The van der Waals surface area contributed by atoms with Crippen LogP contribution in [0.4, 0.5) is 4.39 Å². The van der Waals surface area contributed by atoms with Crippen LogP contribution in [0, 0.1) is 5.82 Å². The molecule has 100 valence electrons. The maximum absolute atomic E-state index is 13.2. The highest BCUT2D eigenvalue weighted by Gasteiger charge is 2.14. The van der Waals surface area contributed by atoms with Crippen molar-refractivity contribution >= 4 is 27.5 Å². The number of hydrogen-bond donors (Lipinski definition) is 1. The van der Waals surface area contributed by atoms with Gasteiger partial charge in [-0.15, -0.1) is 0 Å². The number of hydrogen-bond acceptors (Lipinski definition) is 2. The van der Waals surface area contributed by atoms with E-state index in [-0.39, 0.29) is 5.82 Å². The fourth-order valence-corrected chi connectivity index (χ4v) is 2.46. The summed E-state index contributed by atoms with van der Waals surface area (Å²) in [7, 11) is 1.57. The zero-order valence-electron chi connectivity index (χ0n) is 10.2. The molecule has 0 radical (unpaired) electrons. The first-order valence-corrected chi connectivity index (χ1v) is 6.74. The average molecular weight is 345 g/mol. The van der Waals surface area contributed by atoms with Gasteiger partial charge in [0, 0.05) is 5.02 Å². The fraction of sp³-hybridized carbons (Fsp3) is 0.143. The summed E-state index contributed by atoms with van der Waals surface area (Å²) in [5.74, 6) is 0.345. The Hall–Kier alpha value is -1.10. The summed E-state index contributed by atoms with van der Waals surface area (Å²) in [5, 5.41) is 0.521. The lowest BCUT2D eigenvalue weighted by atomic mass is 9.99. The molecule has 0 amide bonds. The molecule has 0 spiro atoms. The van der Waals surface area contributed by atoms with Crippen LogP contribution in [-0.2, 0) is 0 Å². The van der Waals surface area contributed by atoms with Crippen molar-refractivity contribution < 1.29 is 9.13 Å². The predicted molar refractivity (Wildman–Crippen MR) is 78.1 cm³/mol. The predicted octanol–water partition coefficient (Wildman–Crippen LogP) is 4.30. The molecule has 2 aromatic carbocycles. The van der Waals surface area contributed by atoms with Crippen LogP contribution in [0.15, 0.2) is 40.9 Å². The third kappa shape index (κ3) is 3.08. The first-order chi connectivity index (χ1) is 9.02. The molecular weight excluding hydrogens is 333 g/mol. The number of nitrogens with two attached hydrogens (primary N) is 1. The molecule has 0 fully saturated rings. The van der Waals surface area contributed by atoms with Crippen LogP contribution in [-0.4, -0.2) is 7.11 Å². The molecule has 2 N–H and O–H groups in total. The normalized spacial score (nSPS) is 12.3. The van der Waals surface area contributed by atoms with Crippen LogP contribution >= 0.6 is 27.5 Å². The minimum Gasteiger partial charge on any atom is -0.497 e. The van der Waals surface area contributed by atoms with Crippen LogP contribution in [0.2, 0.25) is 5.02 Å². The number of ether oxygens (including phenoxy) is 1. The van der Waals surface area contributed by atoms with Gasteiger partial charge in [0.1, 0.15) is 11.6 Å². The van der Waals surface area contributed by atoms with Gasteiger partial charge in [-0.25, -0.2) is 4.39 Å². The van der Waals surface area contributed by atoms with Crippen LogP contribution in [0.5, 0.6) is 5.75 Å². The summed E-state index contributed by atoms with van der Waals surface area (Å²) < 4.78 is 18.7. The van der Waals surface area contributed by atoms with Gasteiger partial charge in [-0.05, 0) is 51.3 Å². The van der Waals surface area contributed by atoms with Crippen molar-refractivity contribution in [3.63, 3.8) is 0 Å². The lowest BCUT2D eigenvalue weighted by Gasteiger charge is -2.15. The summed E-state index contributed by atoms with van der Waals surface area (Å²) in [5.41, 5.74) is 7.70. The highest BCUT2D eigenvalue weighted by atomic mass is 79.9. The van der Waals surface area contributed by atoms with Gasteiger partial charge >= 0.3 is 0 Å². The molecule has 0 aromatic heterocycles. The molecule has 2 rings (SSSR count). The second-order valence-electron chi connectivity index (χ2n) is 4.04. The van der Waals surface area contributed by atoms with Crippen molar-refractivity contribution in [2.24, 2.45) is 5.73 Å². The quantitative estimate of drug-likeness (QED) is 0.901. The Morgan fingerprint density at radius 1 is 1.26 bits per heavy atom. The van der Waals surface area contributed by atoms with Gasteiger partial charge in [-0.1, -0.05) is 23.7 Å². The second-order valence-corrected chi connectivity index (χ2v) is 5.30. The van der Waals surface area contributed by atoms with E-state index >= 15 is 0 Å². The zero-order valence-corrected chi connectivity index (χ0v) is 12.5. The molecular formula is C14H12BrClFNO. The van der Waals surface area contributed by atoms with Gasteiger partial charge in [-0.2, -0.15) is 0 Å². The van der Waals surface area contributed by atoms with E-state index < -0.39 is 6.04 Å². The van der Waals surface area contributed by atoms with E-state index in [4.69, 9.17) is 22.1 Å². The highest BCUT2D eigenvalue weighted by molar-refractivity contribution is 9.10. The smallest absolute Gasteiger partial charge is 0.137 e. The van der Waals surface area contributed by atoms with Crippen molar-refractivity contribution in [3.8, 4) is 5.75 Å². The van der Waals surface area contributed by atoms with Gasteiger partial charge in [0.15, 0.2) is 0 Å². The number of halogens is 3. The van der Waals surface area contributed by atoms with Crippen LogP contribution in [0.3, 0.4) is 0 Å². The van der Waals surface area contributed by atoms with Crippen molar-refractivity contribution in [3.05, 3.63) is 62.8 Å². The maximum atomic E-state index is 13.2. The van der Waals surface area contributed by atoms with Gasteiger partial charge in [-0.3, -0.25) is 0 Å². The van der Waals surface area contributed by atoms with Crippen LogP contribution in [0.1, 0.15) is 17.2 Å². The Labute approximate surface area is 124 Å². The molecule has 1 unspecified atom stereocenters. The Bertz CT molecular complexity index is 606. The van der Waals surface area contributed by atoms with Gasteiger partial charge in [0.2, 0.25) is 0 Å². The van der Waals surface area contributed by atoms with Gasteiger partial charge < -0.3 is 10.5 Å². The van der Waals surface area contributed by atoms with E-state index in [0.29, 0.717) is 15.2 Å². The summed E-state index contributed by atoms with van der Waals surface area (Å²) in [6.07, 6.45) is 0. The monoisotopic (exact) mass is 343 g/mol. The summed E-state index contributed by atoms with van der Waals surface area (Å²) in [6.45, 7) is 0. The van der Waals surface area contributed by atoms with E-state index in [1.807, 2.05) is 6.07 Å². The first-order valence-electron chi connectivity index (χ1n) is 5.57. The number of rotatable bonds is 3. The van der Waals surface area contributed by atoms with Crippen LogP contribution < -0.4 is 10.5 Å². The minimum atomic E-state index is -0.421. The first kappa shape index (κ1) is 14.3. The van der Waals surface area contributed by atoms with Crippen molar-refractivity contribution in [1.82, 2.24) is 0 Å². The largest absolute Gasteiger partial charge is 0.497 e. The topological polar surface area (TPSA) is 35.2 Å². The Morgan fingerprint density at radius 2 is 2.00 bits per heavy atom. The van der Waals surface area contributed by atoms with E-state index in [9.17, 15) is 4.39 Å². The standard InChI is InChI=1S/C14H12BrClFNO/c1-19-9-3-4-10(12(16)7-9)14(18)8-2-5-13(17)11(15)6-8/h2-7,14H,18H2,1H3. The molecule has 2 nitrogen and oxygen atoms in total. The van der Waals surface area contributed by atoms with E-state index in [1.165, 1.54) is 6.07 Å². The molecule has 2 aromatic rings. The minimum absolute atomic E-state index is 0.322. The molecule has 0 bridgehead atoms. The third-order valence-corrected chi connectivity index (χ3v) is 3.78. The molecule has 0 aliphatic carbocycles. The molecule has 0 saturated heterocycles. The molecule has 5 heteroatoms. The van der Waals surface area contributed by atoms with Crippen molar-refractivity contribution in [2.45, 2.75) is 6.04 Å². The molecule has 1 atom stereocenters.